The maximum Gasteiger partial charge on any atom is 0.329 e. The van der Waals surface area contributed by atoms with Gasteiger partial charge < -0.3 is 10.1 Å². The lowest BCUT2D eigenvalue weighted by molar-refractivity contribution is -0.157. The van der Waals surface area contributed by atoms with Crippen molar-refractivity contribution in [2.45, 2.75) is 43.7 Å². The number of amides is 1. The van der Waals surface area contributed by atoms with Crippen molar-refractivity contribution in [3.05, 3.63) is 80.0 Å². The van der Waals surface area contributed by atoms with Gasteiger partial charge in [0.05, 0.1) is 37.5 Å². The van der Waals surface area contributed by atoms with Gasteiger partial charge >= 0.3 is 5.97 Å². The third-order valence-corrected chi connectivity index (χ3v) is 8.78. The molecular formula is C26H22BrCl2FN4O5S2. The second-order valence-corrected chi connectivity index (χ2v) is 13.7. The molecule has 1 heterocycles. The monoisotopic (exact) mass is 702 g/mol. The largest absolute Gasteiger partial charge is 0.458 e. The van der Waals surface area contributed by atoms with Crippen molar-refractivity contribution >= 4 is 89.5 Å². The summed E-state index contributed by atoms with van der Waals surface area (Å²) in [6, 6.07) is 9.79. The summed E-state index contributed by atoms with van der Waals surface area (Å²) in [6.45, 7) is 5.01. The molecular weight excluding hydrogens is 682 g/mol. The van der Waals surface area contributed by atoms with Gasteiger partial charge in [0.2, 0.25) is 0 Å². The summed E-state index contributed by atoms with van der Waals surface area (Å²) >= 11 is 16.3. The van der Waals surface area contributed by atoms with Crippen molar-refractivity contribution in [1.29, 1.82) is 0 Å². The van der Waals surface area contributed by atoms with Gasteiger partial charge in [-0.1, -0.05) is 35.3 Å². The Labute approximate surface area is 257 Å². The molecule has 0 aliphatic rings. The van der Waals surface area contributed by atoms with E-state index in [1.165, 1.54) is 42.5 Å². The third-order valence-electron chi connectivity index (χ3n) is 5.51. The summed E-state index contributed by atoms with van der Waals surface area (Å²) < 4.78 is 56.7. The summed E-state index contributed by atoms with van der Waals surface area (Å²) in [5.74, 6) is -2.09. The number of sulfonamides is 1. The highest BCUT2D eigenvalue weighted by Crippen LogP contribution is 2.32. The van der Waals surface area contributed by atoms with Crippen LogP contribution in [0.15, 0.2) is 57.9 Å². The zero-order chi connectivity index (χ0) is 30.1. The second-order valence-electron chi connectivity index (χ2n) is 9.82. The number of nitrogens with zero attached hydrogens (tertiary/aromatic N) is 2. The molecule has 1 aromatic heterocycles. The quantitative estimate of drug-likeness (QED) is 0.204. The lowest BCUT2D eigenvalue weighted by atomic mass is 10.0. The molecule has 1 atom stereocenters. The fraction of sp³-hybridized carbons (Fsp3) is 0.231. The Morgan fingerprint density at radius 1 is 1.10 bits per heavy atom. The van der Waals surface area contributed by atoms with Crippen LogP contribution in [0.25, 0.3) is 11.0 Å². The zero-order valence-electron chi connectivity index (χ0n) is 21.7. The van der Waals surface area contributed by atoms with Crippen LogP contribution in [0.4, 0.5) is 10.1 Å². The van der Waals surface area contributed by atoms with Gasteiger partial charge in [-0.15, -0.1) is 0 Å². The highest BCUT2D eigenvalue weighted by atomic mass is 79.9. The first-order valence-electron chi connectivity index (χ1n) is 11.9. The van der Waals surface area contributed by atoms with E-state index >= 15 is 0 Å². The van der Waals surface area contributed by atoms with Gasteiger partial charge in [0.25, 0.3) is 15.9 Å². The molecule has 0 spiro atoms. The van der Waals surface area contributed by atoms with Crippen molar-refractivity contribution in [2.24, 2.45) is 0 Å². The smallest absolute Gasteiger partial charge is 0.329 e. The number of carbonyl (C=O) groups excluding carboxylic acids is 2. The molecule has 0 saturated carbocycles. The minimum Gasteiger partial charge on any atom is -0.458 e. The highest BCUT2D eigenvalue weighted by molar-refractivity contribution is 9.10. The molecule has 0 bridgehead atoms. The summed E-state index contributed by atoms with van der Waals surface area (Å²) in [4.78, 5) is 26.5. The maximum absolute atomic E-state index is 13.8. The van der Waals surface area contributed by atoms with Crippen molar-refractivity contribution in [3.8, 4) is 0 Å². The van der Waals surface area contributed by atoms with E-state index in [0.717, 1.165) is 11.7 Å². The SMILES string of the molecule is CC(C)(C)OC(=O)[C@H](Cc1ccc(F)c(Br)c1)NC(=O)c1cc(Cl)c(Cl)cc1NS(=O)(=O)c1cccc2nsnc12. The predicted octanol–water partition coefficient (Wildman–Crippen LogP) is 6.38. The van der Waals surface area contributed by atoms with Gasteiger partial charge in [0.15, 0.2) is 0 Å². The number of fused-ring (bicyclic) bond motifs is 1. The zero-order valence-corrected chi connectivity index (χ0v) is 26.4. The van der Waals surface area contributed by atoms with E-state index in [0.29, 0.717) is 11.1 Å². The first-order valence-corrected chi connectivity index (χ1v) is 15.6. The first-order chi connectivity index (χ1) is 19.1. The van der Waals surface area contributed by atoms with Gasteiger partial charge in [-0.2, -0.15) is 8.75 Å². The average Bonchev–Trinajstić information content (AvgIpc) is 3.35. The van der Waals surface area contributed by atoms with Crippen LogP contribution >= 0.6 is 50.9 Å². The number of esters is 1. The molecule has 41 heavy (non-hydrogen) atoms. The van der Waals surface area contributed by atoms with E-state index in [1.807, 2.05) is 0 Å². The number of nitrogens with one attached hydrogen (secondary N) is 2. The Morgan fingerprint density at radius 3 is 2.49 bits per heavy atom. The van der Waals surface area contributed by atoms with Crippen molar-refractivity contribution in [3.63, 3.8) is 0 Å². The third kappa shape index (κ3) is 7.52. The molecule has 4 rings (SSSR count). The van der Waals surface area contributed by atoms with Crippen LogP contribution < -0.4 is 10.0 Å². The number of anilines is 1. The molecule has 0 aliphatic heterocycles. The van der Waals surface area contributed by atoms with Gasteiger partial charge in [0.1, 0.15) is 33.4 Å². The average molecular weight is 704 g/mol. The number of hydrogen-bond donors (Lipinski definition) is 2. The van der Waals surface area contributed by atoms with E-state index in [1.54, 1.807) is 26.8 Å². The van der Waals surface area contributed by atoms with Crippen LogP contribution in [0.2, 0.25) is 10.0 Å². The van der Waals surface area contributed by atoms with Crippen LogP contribution in [0, 0.1) is 5.82 Å². The van der Waals surface area contributed by atoms with Gasteiger partial charge in [-0.05, 0) is 78.7 Å². The number of aromatic nitrogens is 2. The van der Waals surface area contributed by atoms with Crippen LogP contribution in [-0.2, 0) is 26.0 Å². The Morgan fingerprint density at radius 2 is 1.80 bits per heavy atom. The number of benzene rings is 3. The number of hydrogen-bond acceptors (Lipinski definition) is 8. The molecule has 15 heteroatoms. The van der Waals surface area contributed by atoms with Crippen LogP contribution in [-0.4, -0.2) is 40.7 Å². The molecule has 216 valence electrons. The predicted molar refractivity (Wildman–Crippen MR) is 160 cm³/mol. The topological polar surface area (TPSA) is 127 Å². The normalized spacial score (nSPS) is 12.7. The van der Waals surface area contributed by atoms with E-state index in [-0.39, 0.29) is 42.6 Å². The Hall–Kier alpha value is -2.84. The molecule has 1 amide bonds. The van der Waals surface area contributed by atoms with Crippen LogP contribution in [0.1, 0.15) is 36.7 Å². The summed E-state index contributed by atoms with van der Waals surface area (Å²) in [7, 11) is -4.28. The van der Waals surface area contributed by atoms with E-state index in [4.69, 9.17) is 27.9 Å². The summed E-state index contributed by atoms with van der Waals surface area (Å²) in [6.07, 6.45) is -0.0548. The molecule has 0 unspecified atom stereocenters. The van der Waals surface area contributed by atoms with Crippen molar-refractivity contribution < 1.29 is 27.1 Å². The van der Waals surface area contributed by atoms with E-state index in [2.05, 4.69) is 34.7 Å². The number of ether oxygens (including phenoxy) is 1. The molecule has 4 aromatic rings. The maximum atomic E-state index is 13.8. The standard InChI is InChI=1S/C26H22BrCl2FN4O5S2/c1-26(2,3)39-25(36)21(10-13-7-8-18(30)15(27)9-13)31-24(35)14-11-16(28)17(29)12-20(14)34-41(37,38)22-6-4-5-19-23(22)33-40-32-19/h4-9,11-12,21,34H,10H2,1-3H3,(H,31,35)/t21-/m0/s1. The number of halogens is 4. The molecule has 3 aromatic carbocycles. The minimum absolute atomic E-state index is 0.0192. The molecule has 0 fully saturated rings. The lowest BCUT2D eigenvalue weighted by Gasteiger charge is -2.25. The number of carbonyl (C=O) groups is 2. The van der Waals surface area contributed by atoms with Crippen molar-refractivity contribution in [2.75, 3.05) is 4.72 Å². The Kier molecular flexibility index (Phi) is 9.24. The fourth-order valence-electron chi connectivity index (χ4n) is 3.72. The number of rotatable bonds is 8. The highest BCUT2D eigenvalue weighted by Gasteiger charge is 2.30. The first kappa shape index (κ1) is 31.1. The molecule has 9 nitrogen and oxygen atoms in total. The molecule has 2 N–H and O–H groups in total. The van der Waals surface area contributed by atoms with Gasteiger partial charge in [-0.25, -0.2) is 17.6 Å². The Bertz CT molecular complexity index is 1760. The summed E-state index contributed by atoms with van der Waals surface area (Å²) in [5, 5.41) is 2.55. The molecule has 0 aliphatic carbocycles. The lowest BCUT2D eigenvalue weighted by Crippen LogP contribution is -2.45. The van der Waals surface area contributed by atoms with Gasteiger partial charge in [-0.3, -0.25) is 9.52 Å². The van der Waals surface area contributed by atoms with Crippen LogP contribution in [0.5, 0.6) is 0 Å². The van der Waals surface area contributed by atoms with Gasteiger partial charge in [0, 0.05) is 6.42 Å². The van der Waals surface area contributed by atoms with Crippen molar-refractivity contribution in [1.82, 2.24) is 14.1 Å². The summed E-state index contributed by atoms with van der Waals surface area (Å²) in [5.41, 5.74) is -0.206. The Balaban J connectivity index is 1.69. The molecule has 0 radical (unpaired) electrons. The fourth-order valence-corrected chi connectivity index (χ4v) is 6.31. The second kappa shape index (κ2) is 12.2. The molecule has 0 saturated heterocycles. The van der Waals surface area contributed by atoms with Crippen LogP contribution in [0.3, 0.4) is 0 Å². The van der Waals surface area contributed by atoms with E-state index < -0.39 is 39.4 Å². The minimum atomic E-state index is -4.28. The van der Waals surface area contributed by atoms with E-state index in [9.17, 15) is 22.4 Å².